The first-order chi connectivity index (χ1) is 9.74. The van der Waals surface area contributed by atoms with Gasteiger partial charge in [0.15, 0.2) is 0 Å². The van der Waals surface area contributed by atoms with Gasteiger partial charge in [-0.2, -0.15) is 0 Å². The zero-order chi connectivity index (χ0) is 13.9. The first kappa shape index (κ1) is 12.7. The fourth-order valence-electron chi connectivity index (χ4n) is 2.49. The number of pyridine rings is 1. The van der Waals surface area contributed by atoms with Crippen LogP contribution in [0.25, 0.3) is 0 Å². The maximum absolute atomic E-state index is 12.3. The largest absolute Gasteiger partial charge is 0.373 e. The number of hydrogen-bond acceptors (Lipinski definition) is 3. The molecule has 1 aliphatic heterocycles. The van der Waals surface area contributed by atoms with E-state index in [1.54, 1.807) is 12.4 Å². The van der Waals surface area contributed by atoms with E-state index in [-0.39, 0.29) is 18.0 Å². The van der Waals surface area contributed by atoms with Gasteiger partial charge in [-0.1, -0.05) is 24.3 Å². The van der Waals surface area contributed by atoms with Crippen molar-refractivity contribution in [1.29, 1.82) is 0 Å². The summed E-state index contributed by atoms with van der Waals surface area (Å²) in [5.74, 6) is 0.0255. The Morgan fingerprint density at radius 1 is 1.35 bits per heavy atom. The minimum Gasteiger partial charge on any atom is -0.373 e. The number of anilines is 1. The standard InChI is InChI=1S/C16H17N3O/c1-11(13-6-4-8-17-10-13)18-16(20)15-9-12-5-2-3-7-14(12)19-15/h2-8,10-11,15,19H,9H2,1H3,(H,18,20)/t11-,15?/m1/s1. The van der Waals surface area contributed by atoms with Crippen LogP contribution in [-0.2, 0) is 11.2 Å². The van der Waals surface area contributed by atoms with E-state index in [0.717, 1.165) is 17.7 Å². The van der Waals surface area contributed by atoms with E-state index in [1.807, 2.05) is 37.3 Å². The Hall–Kier alpha value is -2.36. The minimum absolute atomic E-state index is 0.0255. The Morgan fingerprint density at radius 3 is 2.95 bits per heavy atom. The lowest BCUT2D eigenvalue weighted by Gasteiger charge is -2.17. The summed E-state index contributed by atoms with van der Waals surface area (Å²) in [5.41, 5.74) is 3.26. The normalized spacial score (nSPS) is 17.9. The number of fused-ring (bicyclic) bond motifs is 1. The van der Waals surface area contributed by atoms with Crippen molar-refractivity contribution in [2.24, 2.45) is 0 Å². The van der Waals surface area contributed by atoms with Crippen molar-refractivity contribution in [3.8, 4) is 0 Å². The Kier molecular flexibility index (Phi) is 3.37. The molecule has 1 aromatic heterocycles. The molecule has 2 aromatic rings. The van der Waals surface area contributed by atoms with Gasteiger partial charge in [0.2, 0.25) is 5.91 Å². The fourth-order valence-corrected chi connectivity index (χ4v) is 2.49. The first-order valence-electron chi connectivity index (χ1n) is 6.79. The quantitative estimate of drug-likeness (QED) is 0.897. The van der Waals surface area contributed by atoms with Gasteiger partial charge >= 0.3 is 0 Å². The molecule has 0 radical (unpaired) electrons. The molecule has 0 aliphatic carbocycles. The number of carbonyl (C=O) groups is 1. The molecule has 1 aliphatic rings. The number of nitrogens with zero attached hydrogens (tertiary/aromatic N) is 1. The summed E-state index contributed by atoms with van der Waals surface area (Å²) in [6, 6.07) is 11.7. The third-order valence-electron chi connectivity index (χ3n) is 3.63. The highest BCUT2D eigenvalue weighted by molar-refractivity contribution is 5.87. The van der Waals surface area contributed by atoms with Crippen molar-refractivity contribution in [2.75, 3.05) is 5.32 Å². The molecule has 2 N–H and O–H groups in total. The zero-order valence-electron chi connectivity index (χ0n) is 11.3. The highest BCUT2D eigenvalue weighted by Crippen LogP contribution is 2.25. The van der Waals surface area contributed by atoms with E-state index in [0.29, 0.717) is 0 Å². The maximum atomic E-state index is 12.3. The molecule has 2 atom stereocenters. The smallest absolute Gasteiger partial charge is 0.243 e. The van der Waals surface area contributed by atoms with Gasteiger partial charge in [0.25, 0.3) is 0 Å². The average Bonchev–Trinajstić information content (AvgIpc) is 2.92. The fraction of sp³-hybridized carbons (Fsp3) is 0.250. The van der Waals surface area contributed by atoms with Crippen LogP contribution in [0.3, 0.4) is 0 Å². The van der Waals surface area contributed by atoms with Crippen molar-refractivity contribution in [3.63, 3.8) is 0 Å². The topological polar surface area (TPSA) is 54.0 Å². The summed E-state index contributed by atoms with van der Waals surface area (Å²) in [6.07, 6.45) is 4.25. The van der Waals surface area contributed by atoms with Crippen LogP contribution in [0, 0.1) is 0 Å². The first-order valence-corrected chi connectivity index (χ1v) is 6.79. The highest BCUT2D eigenvalue weighted by atomic mass is 16.2. The predicted molar refractivity (Wildman–Crippen MR) is 78.4 cm³/mol. The summed E-state index contributed by atoms with van der Waals surface area (Å²) in [4.78, 5) is 16.4. The van der Waals surface area contributed by atoms with Crippen LogP contribution >= 0.6 is 0 Å². The van der Waals surface area contributed by atoms with E-state index in [4.69, 9.17) is 0 Å². The number of hydrogen-bond donors (Lipinski definition) is 2. The molecule has 1 aromatic carbocycles. The number of nitrogens with one attached hydrogen (secondary N) is 2. The SMILES string of the molecule is C[C@@H](NC(=O)C1Cc2ccccc2N1)c1cccnc1. The molecule has 0 saturated heterocycles. The number of benzene rings is 1. The third-order valence-corrected chi connectivity index (χ3v) is 3.63. The Balaban J connectivity index is 1.64. The van der Waals surface area contributed by atoms with E-state index < -0.39 is 0 Å². The summed E-state index contributed by atoms with van der Waals surface area (Å²) in [5, 5.41) is 6.29. The number of carbonyl (C=O) groups excluding carboxylic acids is 1. The molecule has 20 heavy (non-hydrogen) atoms. The van der Waals surface area contributed by atoms with Gasteiger partial charge in [-0.3, -0.25) is 9.78 Å². The molecule has 0 bridgehead atoms. The summed E-state index contributed by atoms with van der Waals surface area (Å²) >= 11 is 0. The van der Waals surface area contributed by atoms with Crippen LogP contribution in [0.2, 0.25) is 0 Å². The van der Waals surface area contributed by atoms with Gasteiger partial charge in [-0.25, -0.2) is 0 Å². The van der Waals surface area contributed by atoms with Gasteiger partial charge in [0, 0.05) is 24.5 Å². The Morgan fingerprint density at radius 2 is 2.20 bits per heavy atom. The molecule has 102 valence electrons. The molecule has 0 spiro atoms. The van der Waals surface area contributed by atoms with Gasteiger partial charge in [-0.15, -0.1) is 0 Å². The van der Waals surface area contributed by atoms with Gasteiger partial charge in [0.05, 0.1) is 6.04 Å². The summed E-state index contributed by atoms with van der Waals surface area (Å²) in [6.45, 7) is 1.97. The number of para-hydroxylation sites is 1. The molecule has 0 saturated carbocycles. The molecule has 4 heteroatoms. The van der Waals surface area contributed by atoms with Crippen LogP contribution < -0.4 is 10.6 Å². The number of aromatic nitrogens is 1. The van der Waals surface area contributed by atoms with Gasteiger partial charge < -0.3 is 10.6 Å². The lowest BCUT2D eigenvalue weighted by molar-refractivity contribution is -0.122. The molecular formula is C16H17N3O. The van der Waals surface area contributed by atoms with E-state index in [2.05, 4.69) is 21.7 Å². The predicted octanol–water partition coefficient (Wildman–Crippen LogP) is 2.30. The molecule has 1 amide bonds. The lowest BCUT2D eigenvalue weighted by Crippen LogP contribution is -2.39. The molecule has 4 nitrogen and oxygen atoms in total. The van der Waals surface area contributed by atoms with Crippen molar-refractivity contribution in [1.82, 2.24) is 10.3 Å². The number of amides is 1. The second kappa shape index (κ2) is 5.33. The third kappa shape index (κ3) is 2.50. The summed E-state index contributed by atoms with van der Waals surface area (Å²) in [7, 11) is 0. The molecule has 1 unspecified atom stereocenters. The van der Waals surface area contributed by atoms with Crippen LogP contribution in [0.4, 0.5) is 5.69 Å². The number of rotatable bonds is 3. The summed E-state index contributed by atoms with van der Waals surface area (Å²) < 4.78 is 0. The van der Waals surface area contributed by atoms with Gasteiger partial charge in [-0.05, 0) is 30.2 Å². The highest BCUT2D eigenvalue weighted by Gasteiger charge is 2.27. The molecule has 2 heterocycles. The second-order valence-electron chi connectivity index (χ2n) is 5.07. The van der Waals surface area contributed by atoms with Crippen LogP contribution in [0.5, 0.6) is 0 Å². The van der Waals surface area contributed by atoms with Crippen molar-refractivity contribution >= 4 is 11.6 Å². The monoisotopic (exact) mass is 267 g/mol. The zero-order valence-corrected chi connectivity index (χ0v) is 11.3. The van der Waals surface area contributed by atoms with Crippen LogP contribution in [-0.4, -0.2) is 16.9 Å². The van der Waals surface area contributed by atoms with Crippen molar-refractivity contribution in [3.05, 3.63) is 59.9 Å². The van der Waals surface area contributed by atoms with E-state index >= 15 is 0 Å². The molecular weight excluding hydrogens is 250 g/mol. The average molecular weight is 267 g/mol. The van der Waals surface area contributed by atoms with Crippen LogP contribution in [0.1, 0.15) is 24.1 Å². The van der Waals surface area contributed by atoms with Gasteiger partial charge in [0.1, 0.15) is 6.04 Å². The lowest BCUT2D eigenvalue weighted by atomic mass is 10.1. The van der Waals surface area contributed by atoms with Crippen molar-refractivity contribution in [2.45, 2.75) is 25.4 Å². The Labute approximate surface area is 118 Å². The van der Waals surface area contributed by atoms with E-state index in [9.17, 15) is 4.79 Å². The van der Waals surface area contributed by atoms with Crippen molar-refractivity contribution < 1.29 is 4.79 Å². The minimum atomic E-state index is -0.188. The van der Waals surface area contributed by atoms with Crippen LogP contribution in [0.15, 0.2) is 48.8 Å². The maximum Gasteiger partial charge on any atom is 0.243 e. The van der Waals surface area contributed by atoms with E-state index in [1.165, 1.54) is 5.56 Å². The molecule has 0 fully saturated rings. The Bertz CT molecular complexity index is 587. The second-order valence-corrected chi connectivity index (χ2v) is 5.07. The molecule has 3 rings (SSSR count).